The van der Waals surface area contributed by atoms with Crippen LogP contribution in [0.3, 0.4) is 0 Å². The smallest absolute Gasteiger partial charge is 0.410 e. The maximum atomic E-state index is 12.7. The molecule has 0 spiro atoms. The van der Waals surface area contributed by atoms with E-state index < -0.39 is 107 Å². The van der Waals surface area contributed by atoms with Crippen molar-refractivity contribution in [2.75, 3.05) is 21.1 Å². The zero-order chi connectivity index (χ0) is 167. The van der Waals surface area contributed by atoms with Crippen molar-refractivity contribution in [1.82, 2.24) is 14.7 Å². The monoisotopic (exact) mass is 1990 g/mol. The highest BCUT2D eigenvalue weighted by molar-refractivity contribution is 5.86. The Bertz CT molecular complexity index is 7140. The lowest BCUT2D eigenvalue weighted by Crippen LogP contribution is -2.47. The second-order valence-corrected chi connectivity index (χ2v) is 30.7. The van der Waals surface area contributed by atoms with Gasteiger partial charge < -0.3 is 48.5 Å². The van der Waals surface area contributed by atoms with Crippen LogP contribution in [0.4, 0.5) is 14.4 Å². The van der Waals surface area contributed by atoms with Crippen LogP contribution in [0.5, 0.6) is 0 Å². The van der Waals surface area contributed by atoms with Gasteiger partial charge in [-0.2, -0.15) is 0 Å². The third kappa shape index (κ3) is 78.2. The molecule has 2 aromatic rings. The molecule has 0 unspecified atom stereocenters. The average molecular weight is 1990 g/mol. The van der Waals surface area contributed by atoms with Gasteiger partial charge in [0, 0.05) is 359 Å². The molecular formula is C119H157N3O19. The van der Waals surface area contributed by atoms with Crippen LogP contribution in [0.1, 0.15) is 245 Å². The lowest BCUT2D eigenvalue weighted by molar-refractivity contribution is -0.170. The Morgan fingerprint density at radius 2 is 0.511 bits per heavy atom. The number of carboxylic acids is 2. The summed E-state index contributed by atoms with van der Waals surface area (Å²) < 4.78 is 342. The maximum absolute atomic E-state index is 12.7. The standard InChI is InChI=1S/C60H2.C22H33NO6.C15H27NO6.C12H23NO4.C10H12O3.30H2/c1-3-5-7-9-11-13-15-17-19-21-23-25-27-29-31-33-35-37-39-41-43-45-47-49-51-53-55-57-59-60-58-56-54-52-50-48-46-44-42-40-38-36-34-32-30-28-26-24-22-20-18-16-14-12-10-8-6-4-2;1-15(2)13-18(23(7)21(26)29-22(4,5)6)20(25)28-16(3)19(24)27-14-17-11-9-8-10-12-17;1-9(2)8-11(13(19)21-10(3)12(17)18)16(7)14(20)22-15(4,5)6;1-8(2)7-9(10(14)15)13(6)11(16)17-12(3,4)5;1-8(11)10(12)13-7-9-5-3-2-4-6-9;;;;;;;;;;;;;;;;;;;;;;;;;;;;;;/h1-2H;8-12,15-16,18H,13-14H2,1-7H3;9-11H,8H2,1-7H3,(H,17,18);8-9H,7H2,1-6H3,(H,14,15);2-6,8,11H,7H2,1H3;30*1H/t;16-,18-;10-,11-;9-;8-;;;;;;;;;;;;;;;;;;;;;;;;;;;;;;/m.0000............................../s1/i1D;;;;;30*1+1D. The molecule has 22 heteroatoms. The third-order valence-corrected chi connectivity index (χ3v) is 14.0. The fraction of sp³-hybridized carbons (Fsp3) is 0.319. The molecule has 141 heavy (non-hydrogen) atoms. The average Bonchev–Trinajstić information content (AvgIpc) is 0.852. The number of aliphatic hydroxyl groups excluding tert-OH is 1. The van der Waals surface area contributed by atoms with Crippen LogP contribution < -0.4 is 0 Å². The number of rotatable bonds is 21. The van der Waals surface area contributed by atoms with E-state index >= 15 is 0 Å². The second kappa shape index (κ2) is 78.5. The Kier molecular flexibility index (Phi) is 43.6. The number of nitrogens with zero attached hydrogens (tertiary/aromatic N) is 3. The van der Waals surface area contributed by atoms with Crippen molar-refractivity contribution in [3.8, 4) is 356 Å². The molecule has 0 aliphatic rings. The number of hydrogen-bond donors (Lipinski definition) is 3. The minimum absolute atomic E-state index is 0.0921. The number of likely N-dealkylation sites (N-methyl/N-ethyl adjacent to an activating group) is 3. The summed E-state index contributed by atoms with van der Waals surface area (Å²) in [5.41, 5.74) is -0.247. The molecule has 0 saturated heterocycles. The van der Waals surface area contributed by atoms with Crippen LogP contribution in [0.15, 0.2) is 60.7 Å². The molecule has 0 aliphatic carbocycles. The summed E-state index contributed by atoms with van der Waals surface area (Å²) in [6.07, 6.45) is 2.65. The molecule has 22 nitrogen and oxygen atoms in total. The van der Waals surface area contributed by atoms with Crippen molar-refractivity contribution in [2.24, 2.45) is 17.8 Å². The van der Waals surface area contributed by atoms with Crippen LogP contribution in [0.2, 0.25) is 0 Å². The van der Waals surface area contributed by atoms with Gasteiger partial charge in [-0.1, -0.05) is 102 Å². The molecule has 0 aromatic heterocycles. The lowest BCUT2D eigenvalue weighted by Gasteiger charge is -2.30. The molecular weight excluding hydrogens is 1780 g/mol. The predicted octanol–water partition coefficient (Wildman–Crippen LogP) is 17.4. The second-order valence-electron chi connectivity index (χ2n) is 30.7. The first-order chi connectivity index (χ1) is 97.4. The van der Waals surface area contributed by atoms with E-state index in [2.05, 4.69) is 343 Å². The van der Waals surface area contributed by atoms with E-state index in [0.717, 1.165) is 20.9 Å². The highest BCUT2D eigenvalue weighted by atomic mass is 16.6. The largest absolute Gasteiger partial charge is 0.480 e. The number of aliphatic hydroxyl groups is 1. The van der Waals surface area contributed by atoms with Gasteiger partial charge in [-0.3, -0.25) is 14.7 Å². The van der Waals surface area contributed by atoms with E-state index in [-0.39, 0.29) is 31.0 Å². The first kappa shape index (κ1) is 78.3. The van der Waals surface area contributed by atoms with E-state index in [9.17, 15) is 43.2 Å². The molecule has 0 bridgehead atoms. The number of carbonyl (C=O) groups is 9. The highest BCUT2D eigenvalue weighted by Crippen LogP contribution is 2.21. The summed E-state index contributed by atoms with van der Waals surface area (Å²) in [5, 5.41) is 26.7. The Morgan fingerprint density at radius 1 is 0.312 bits per heavy atom. The fourth-order valence-corrected chi connectivity index (χ4v) is 8.03. The number of carboxylic acid groups (broad SMARTS) is 2. The zero-order valence-electron chi connectivity index (χ0n) is 143. The van der Waals surface area contributed by atoms with Crippen molar-refractivity contribution >= 4 is 54.1 Å². The Morgan fingerprint density at radius 3 is 0.702 bits per heavy atom. The molecule has 0 heterocycles. The number of benzene rings is 2. The van der Waals surface area contributed by atoms with Gasteiger partial charge in [0.05, 0.1) is 0 Å². The quantitative estimate of drug-likeness (QED) is 0.0594. The van der Waals surface area contributed by atoms with Gasteiger partial charge in [0.2, 0.25) is 0 Å². The number of esters is 4. The number of hydrogen-bond acceptors (Lipinski definition) is 17. The summed E-state index contributed by atoms with van der Waals surface area (Å²) in [4.78, 5) is 109. The normalized spacial score (nSPS) is 11.1. The maximum Gasteiger partial charge on any atom is 0.410 e. The van der Waals surface area contributed by atoms with Gasteiger partial charge in [-0.05, 0) is 226 Å². The van der Waals surface area contributed by atoms with Gasteiger partial charge in [0.15, 0.2) is 12.2 Å². The van der Waals surface area contributed by atoms with Crippen molar-refractivity contribution in [3.63, 3.8) is 0 Å². The Hall–Kier alpha value is -20.2. The van der Waals surface area contributed by atoms with Crippen LogP contribution in [0, 0.1) is 374 Å². The number of carbonyl (C=O) groups excluding carboxylic acids is 7. The number of aliphatic carboxylic acids is 2. The van der Waals surface area contributed by atoms with E-state index in [0.29, 0.717) is 19.3 Å². The fourth-order valence-electron chi connectivity index (χ4n) is 8.03. The summed E-state index contributed by atoms with van der Waals surface area (Å²) in [7, 11) is 4.38. The van der Waals surface area contributed by atoms with Gasteiger partial charge in [-0.25, -0.2) is 43.2 Å². The van der Waals surface area contributed by atoms with E-state index in [1.165, 1.54) is 46.8 Å². The van der Waals surface area contributed by atoms with Crippen molar-refractivity contribution in [2.45, 2.75) is 210 Å². The van der Waals surface area contributed by atoms with E-state index in [1.54, 1.807) is 62.3 Å². The highest BCUT2D eigenvalue weighted by Gasteiger charge is 2.36. The van der Waals surface area contributed by atoms with Crippen molar-refractivity contribution < 1.29 is 182 Å². The molecule has 0 saturated carbocycles. The van der Waals surface area contributed by atoms with Gasteiger partial charge in [-0.15, -0.1) is 12.8 Å². The zero-order valence-corrected chi connectivity index (χ0v) is 81.8. The van der Waals surface area contributed by atoms with Gasteiger partial charge in [0.1, 0.15) is 55.6 Å². The van der Waals surface area contributed by atoms with Crippen molar-refractivity contribution in [3.05, 3.63) is 71.8 Å². The van der Waals surface area contributed by atoms with E-state index in [1.807, 2.05) is 109 Å². The topological polar surface area (TPSA) is 289 Å². The summed E-state index contributed by atoms with van der Waals surface area (Å²) in [6, 6.07) is 15.9. The minimum atomic E-state index is -1.27. The predicted molar refractivity (Wildman–Crippen MR) is 601 cm³/mol. The molecule has 6 atom stereocenters. The minimum Gasteiger partial charge on any atom is -0.480 e. The van der Waals surface area contributed by atoms with Gasteiger partial charge >= 0.3 is 54.1 Å². The molecule has 0 radical (unpaired) electrons. The van der Waals surface area contributed by atoms with Crippen LogP contribution in [-0.2, 0) is 75.1 Å². The number of ether oxygens (including phenoxy) is 7. The SMILES string of the molecule is CC(C)C[C@@H](C(=O)O)N(C)C(=O)OC(C)(C)C.CC(C)C[C@@H](C(=O)O[C@@H](C)C(=O)O)N(C)C(=O)OC(C)(C)C.CC(C)C[C@@H](C(=O)O[C@@H](C)C(=O)OCc1ccccc1)N(C)C(=O)OC(C)(C)C.C[C@H](O)C(=O)OCc1ccccc1.[2H]C#CC#CC#CC#CC#CC#CC#CC#CC#CC#CC#CC#CC#CC#CC#CC#CC#CC#CC#CC#CC#CC#CC#CC#CC#CC#CC#CC#CC#CC#C.[2H][2H].[2H][2H].[2H][2H].[2H][2H].[2H][2H].[2H][2H].[2H][2H].[2H][2H].[2H][2H].[2H][2H].[2H][2H].[2H][2H].[2H][2H].[2H][2H].[2H][2H].[2H][2H].[2H][2H].[2H][2H].[2H][2H].[2H][2H].[2H][2H].[2H][2H].[2H][2H].[2H][2H].[2H][2H].[2H][2H].[2H][2H].[2H][2H].[2H][2H].[2H][2H]. The Labute approximate surface area is 926 Å². The summed E-state index contributed by atoms with van der Waals surface area (Å²) in [6.45, 7) is 31.5. The first-order valence-electron chi connectivity index (χ1n) is 72.1. The first-order valence-corrected chi connectivity index (χ1v) is 41.6. The molecule has 762 valence electrons. The van der Waals surface area contributed by atoms with Crippen LogP contribution >= 0.6 is 0 Å². The summed E-state index contributed by atoms with van der Waals surface area (Å²) >= 11 is 0. The van der Waals surface area contributed by atoms with E-state index in [4.69, 9.17) is 145 Å². The molecule has 2 aromatic carbocycles. The molecule has 0 aliphatic heterocycles. The molecule has 3 amide bonds. The summed E-state index contributed by atoms with van der Waals surface area (Å²) in [5.74, 6) is 139. The van der Waals surface area contributed by atoms with Gasteiger partial charge in [0.25, 0.3) is 0 Å². The van der Waals surface area contributed by atoms with Crippen LogP contribution in [0.25, 0.3) is 0 Å². The van der Waals surface area contributed by atoms with Crippen LogP contribution in [-0.4, -0.2) is 158 Å². The Balaban J connectivity index is -0.0000000553. The molecule has 0 fully saturated rings. The molecule has 3 N–H and O–H groups in total. The van der Waals surface area contributed by atoms with Crippen molar-refractivity contribution in [1.29, 1.82) is 0 Å². The number of terminal acetylenes is 2. The lowest BCUT2D eigenvalue weighted by atomic mass is 10.0. The third-order valence-electron chi connectivity index (χ3n) is 14.0. The number of amides is 3. The molecule has 2 rings (SSSR count).